The molecule has 1 aromatic heterocycles. The first-order valence-electron chi connectivity index (χ1n) is 4.31. The highest BCUT2D eigenvalue weighted by atomic mass is 32.2. The Morgan fingerprint density at radius 1 is 1.47 bits per heavy atom. The molecule has 4 N–H and O–H groups in total. The minimum atomic E-state index is 0.246. The average molecular weight is 222 g/mol. The van der Waals surface area contributed by atoms with Gasteiger partial charge in [-0.3, -0.25) is 5.10 Å². The number of aromatic nitrogens is 3. The largest absolute Gasteiger partial charge is 0.508 e. The van der Waals surface area contributed by atoms with Gasteiger partial charge in [0.1, 0.15) is 12.1 Å². The molecule has 1 heterocycles. The van der Waals surface area contributed by atoms with Crippen molar-refractivity contribution in [2.24, 2.45) is 0 Å². The Hall–Kier alpha value is -1.69. The average Bonchev–Trinajstić information content (AvgIpc) is 2.72. The third-order valence-corrected chi connectivity index (χ3v) is 2.79. The van der Waals surface area contributed by atoms with Crippen LogP contribution in [0.4, 0.5) is 5.69 Å². The fourth-order valence-electron chi connectivity index (χ4n) is 1.13. The molecule has 15 heavy (non-hydrogen) atoms. The smallest absolute Gasteiger partial charge is 0.183 e. The van der Waals surface area contributed by atoms with Gasteiger partial charge >= 0.3 is 0 Å². The fourth-order valence-corrected chi connectivity index (χ4v) is 1.89. The van der Waals surface area contributed by atoms with Crippen molar-refractivity contribution in [1.29, 1.82) is 0 Å². The Balaban J connectivity index is 2.07. The van der Waals surface area contributed by atoms with Gasteiger partial charge in [0, 0.05) is 17.0 Å². The maximum atomic E-state index is 9.55. The molecule has 0 amide bonds. The first-order chi connectivity index (χ1) is 7.25. The van der Waals surface area contributed by atoms with Gasteiger partial charge in [-0.2, -0.15) is 5.10 Å². The normalized spacial score (nSPS) is 10.4. The first-order valence-corrected chi connectivity index (χ1v) is 5.30. The second-order valence-corrected chi connectivity index (χ2v) is 3.93. The van der Waals surface area contributed by atoms with Gasteiger partial charge in [0.15, 0.2) is 5.16 Å². The van der Waals surface area contributed by atoms with E-state index in [9.17, 15) is 5.11 Å². The minimum absolute atomic E-state index is 0.246. The molecule has 0 spiro atoms. The summed E-state index contributed by atoms with van der Waals surface area (Å²) >= 11 is 1.46. The van der Waals surface area contributed by atoms with Gasteiger partial charge in [0.05, 0.1) is 0 Å². The van der Waals surface area contributed by atoms with E-state index in [4.69, 9.17) is 5.73 Å². The number of hydrogen-bond donors (Lipinski definition) is 3. The lowest BCUT2D eigenvalue weighted by Crippen LogP contribution is -1.88. The Kier molecular flexibility index (Phi) is 2.77. The molecule has 1 aromatic carbocycles. The van der Waals surface area contributed by atoms with E-state index in [1.165, 1.54) is 18.1 Å². The molecule has 2 aromatic rings. The standard InChI is InChI=1S/C9H10N4OS/c10-7-1-2-8(14)6(3-7)4-15-9-11-5-12-13-9/h1-3,5,14H,4,10H2,(H,11,12,13). The fraction of sp³-hybridized carbons (Fsp3) is 0.111. The Morgan fingerprint density at radius 2 is 2.33 bits per heavy atom. The number of thioether (sulfide) groups is 1. The summed E-state index contributed by atoms with van der Waals surface area (Å²) in [5, 5.41) is 16.7. The van der Waals surface area contributed by atoms with Crippen molar-refractivity contribution in [1.82, 2.24) is 15.2 Å². The molecular weight excluding hydrogens is 212 g/mol. The highest BCUT2D eigenvalue weighted by molar-refractivity contribution is 7.98. The number of nitrogen functional groups attached to an aromatic ring is 1. The van der Waals surface area contributed by atoms with Gasteiger partial charge in [-0.25, -0.2) is 4.98 Å². The van der Waals surface area contributed by atoms with Crippen LogP contribution < -0.4 is 5.73 Å². The maximum absolute atomic E-state index is 9.55. The lowest BCUT2D eigenvalue weighted by molar-refractivity contribution is 0.471. The molecule has 78 valence electrons. The number of nitrogens with zero attached hydrogens (tertiary/aromatic N) is 2. The number of nitrogens with one attached hydrogen (secondary N) is 1. The van der Waals surface area contributed by atoms with E-state index in [0.717, 1.165) is 10.7 Å². The molecule has 0 bridgehead atoms. The van der Waals surface area contributed by atoms with E-state index in [-0.39, 0.29) is 5.75 Å². The summed E-state index contributed by atoms with van der Waals surface area (Å²) in [5.74, 6) is 0.850. The van der Waals surface area contributed by atoms with Crippen LogP contribution in [0.2, 0.25) is 0 Å². The Labute approximate surface area is 90.7 Å². The summed E-state index contributed by atoms with van der Waals surface area (Å²) in [6, 6.07) is 5.00. The predicted octanol–water partition coefficient (Wildman–Crippen LogP) is 1.38. The number of nitrogens with two attached hydrogens (primary N) is 1. The summed E-state index contributed by atoms with van der Waals surface area (Å²) in [4.78, 5) is 3.97. The monoisotopic (exact) mass is 222 g/mol. The van der Waals surface area contributed by atoms with Crippen LogP contribution in [0.15, 0.2) is 29.7 Å². The second-order valence-electron chi connectivity index (χ2n) is 2.97. The van der Waals surface area contributed by atoms with Crippen LogP contribution in [0.3, 0.4) is 0 Å². The van der Waals surface area contributed by atoms with Gasteiger partial charge < -0.3 is 10.8 Å². The van der Waals surface area contributed by atoms with Crippen molar-refractivity contribution in [3.05, 3.63) is 30.1 Å². The SMILES string of the molecule is Nc1ccc(O)c(CSc2ncn[nH]2)c1. The summed E-state index contributed by atoms with van der Waals surface area (Å²) in [7, 11) is 0. The Morgan fingerprint density at radius 3 is 3.07 bits per heavy atom. The zero-order chi connectivity index (χ0) is 10.7. The minimum Gasteiger partial charge on any atom is -0.508 e. The number of hydrogen-bond acceptors (Lipinski definition) is 5. The molecule has 5 nitrogen and oxygen atoms in total. The van der Waals surface area contributed by atoms with Crippen LogP contribution >= 0.6 is 11.8 Å². The summed E-state index contributed by atoms with van der Waals surface area (Å²) in [6.07, 6.45) is 1.45. The van der Waals surface area contributed by atoms with Crippen molar-refractivity contribution < 1.29 is 5.11 Å². The zero-order valence-corrected chi connectivity index (χ0v) is 8.66. The van der Waals surface area contributed by atoms with Crippen LogP contribution in [0.5, 0.6) is 5.75 Å². The molecule has 0 radical (unpaired) electrons. The predicted molar refractivity (Wildman–Crippen MR) is 58.5 cm³/mol. The number of phenols is 1. The van der Waals surface area contributed by atoms with Gasteiger partial charge in [-0.15, -0.1) is 0 Å². The molecule has 0 aliphatic heterocycles. The van der Waals surface area contributed by atoms with Crippen LogP contribution in [0.1, 0.15) is 5.56 Å². The quantitative estimate of drug-likeness (QED) is 0.415. The van der Waals surface area contributed by atoms with Crippen molar-refractivity contribution in [3.8, 4) is 5.75 Å². The molecule has 0 unspecified atom stereocenters. The van der Waals surface area contributed by atoms with Gasteiger partial charge in [-0.1, -0.05) is 11.8 Å². The van der Waals surface area contributed by atoms with Gasteiger partial charge in [-0.05, 0) is 18.2 Å². The van der Waals surface area contributed by atoms with Crippen molar-refractivity contribution in [2.75, 3.05) is 5.73 Å². The topological polar surface area (TPSA) is 87.8 Å². The van der Waals surface area contributed by atoms with E-state index in [1.54, 1.807) is 18.2 Å². The molecule has 0 aliphatic rings. The number of aromatic amines is 1. The van der Waals surface area contributed by atoms with Crippen molar-refractivity contribution >= 4 is 17.4 Å². The zero-order valence-electron chi connectivity index (χ0n) is 7.84. The molecule has 0 fully saturated rings. The molecule has 0 saturated carbocycles. The van der Waals surface area contributed by atoms with Crippen molar-refractivity contribution in [2.45, 2.75) is 10.9 Å². The lowest BCUT2D eigenvalue weighted by atomic mass is 10.2. The highest BCUT2D eigenvalue weighted by Gasteiger charge is 2.03. The van der Waals surface area contributed by atoms with E-state index in [0.29, 0.717) is 11.4 Å². The Bertz CT molecular complexity index is 443. The van der Waals surface area contributed by atoms with Crippen LogP contribution in [-0.2, 0) is 5.75 Å². The summed E-state index contributed by atoms with van der Waals surface area (Å²) in [6.45, 7) is 0. The summed E-state index contributed by atoms with van der Waals surface area (Å²) < 4.78 is 0. The molecule has 0 saturated heterocycles. The number of aromatic hydroxyl groups is 1. The number of rotatable bonds is 3. The van der Waals surface area contributed by atoms with Crippen LogP contribution in [0, 0.1) is 0 Å². The number of anilines is 1. The number of phenolic OH excluding ortho intramolecular Hbond substituents is 1. The van der Waals surface area contributed by atoms with Crippen LogP contribution in [-0.4, -0.2) is 20.3 Å². The second kappa shape index (κ2) is 4.22. The van der Waals surface area contributed by atoms with E-state index in [2.05, 4.69) is 15.2 Å². The van der Waals surface area contributed by atoms with E-state index >= 15 is 0 Å². The van der Waals surface area contributed by atoms with Gasteiger partial charge in [0.25, 0.3) is 0 Å². The van der Waals surface area contributed by atoms with E-state index < -0.39 is 0 Å². The summed E-state index contributed by atoms with van der Waals surface area (Å²) in [5.41, 5.74) is 7.05. The third-order valence-electron chi connectivity index (χ3n) is 1.86. The molecular formula is C9H10N4OS. The molecule has 0 aliphatic carbocycles. The molecule has 2 rings (SSSR count). The molecule has 6 heteroatoms. The number of benzene rings is 1. The highest BCUT2D eigenvalue weighted by Crippen LogP contribution is 2.26. The van der Waals surface area contributed by atoms with Crippen LogP contribution in [0.25, 0.3) is 0 Å². The van der Waals surface area contributed by atoms with Gasteiger partial charge in [0.2, 0.25) is 0 Å². The molecule has 0 atom stereocenters. The number of H-pyrrole nitrogens is 1. The maximum Gasteiger partial charge on any atom is 0.183 e. The van der Waals surface area contributed by atoms with Crippen molar-refractivity contribution in [3.63, 3.8) is 0 Å². The first kappa shape index (κ1) is 9.85. The third kappa shape index (κ3) is 2.41. The van der Waals surface area contributed by atoms with E-state index in [1.807, 2.05) is 0 Å². The lowest BCUT2D eigenvalue weighted by Gasteiger charge is -2.03.